The number of primary sulfonamides is 1. The molecule has 0 aliphatic carbocycles. The highest BCUT2D eigenvalue weighted by molar-refractivity contribution is 7.89. The number of carbonyl (C=O) groups is 1. The number of aromatic nitrogens is 1. The average Bonchev–Trinajstić information content (AvgIpc) is 3.03. The Labute approximate surface area is 135 Å². The molecule has 1 aromatic heterocycles. The number of amides is 1. The van der Waals surface area contributed by atoms with Crippen molar-refractivity contribution in [2.24, 2.45) is 18.1 Å². The van der Waals surface area contributed by atoms with E-state index in [4.69, 9.17) is 5.14 Å². The minimum absolute atomic E-state index is 0.0555. The van der Waals surface area contributed by atoms with Crippen molar-refractivity contribution >= 4 is 26.8 Å². The number of aryl methyl sites for hydroxylation is 2. The van der Waals surface area contributed by atoms with E-state index in [0.717, 1.165) is 16.5 Å². The van der Waals surface area contributed by atoms with Crippen molar-refractivity contribution < 1.29 is 13.2 Å². The molecule has 1 fully saturated rings. The SMILES string of the molecule is Cc1cccc2c1cc(C(=O)N1CC[C@H](CS(N)(=O)=O)C1)n2C. The molecule has 1 aromatic carbocycles. The fourth-order valence-electron chi connectivity index (χ4n) is 3.36. The fourth-order valence-corrected chi connectivity index (χ4v) is 4.29. The van der Waals surface area contributed by atoms with E-state index in [0.29, 0.717) is 25.2 Å². The summed E-state index contributed by atoms with van der Waals surface area (Å²) < 4.78 is 24.3. The lowest BCUT2D eigenvalue weighted by Gasteiger charge is -2.16. The number of benzene rings is 1. The lowest BCUT2D eigenvalue weighted by molar-refractivity contribution is 0.0779. The number of hydrogen-bond donors (Lipinski definition) is 1. The van der Waals surface area contributed by atoms with Crippen LogP contribution >= 0.6 is 0 Å². The molecule has 2 heterocycles. The number of hydrogen-bond acceptors (Lipinski definition) is 3. The third kappa shape index (κ3) is 3.11. The summed E-state index contributed by atoms with van der Waals surface area (Å²) in [6.07, 6.45) is 0.672. The maximum absolute atomic E-state index is 12.8. The van der Waals surface area contributed by atoms with Gasteiger partial charge in [0.2, 0.25) is 10.0 Å². The molecule has 3 rings (SSSR count). The molecule has 1 atom stereocenters. The predicted molar refractivity (Wildman–Crippen MR) is 89.6 cm³/mol. The second-order valence-electron chi connectivity index (χ2n) is 6.33. The van der Waals surface area contributed by atoms with E-state index >= 15 is 0 Å². The summed E-state index contributed by atoms with van der Waals surface area (Å²) in [5.74, 6) is -0.198. The molecule has 1 aliphatic heterocycles. The molecule has 6 nitrogen and oxygen atoms in total. The molecule has 1 aliphatic rings. The molecule has 1 amide bonds. The van der Waals surface area contributed by atoms with Crippen molar-refractivity contribution in [2.45, 2.75) is 13.3 Å². The van der Waals surface area contributed by atoms with Gasteiger partial charge in [-0.3, -0.25) is 4.79 Å². The molecular formula is C16H21N3O3S. The first-order valence-electron chi connectivity index (χ1n) is 7.61. The third-order valence-corrected chi connectivity index (χ3v) is 5.50. The highest BCUT2D eigenvalue weighted by Crippen LogP contribution is 2.25. The Balaban J connectivity index is 1.85. The number of likely N-dealkylation sites (tertiary alicyclic amines) is 1. The van der Waals surface area contributed by atoms with Crippen LogP contribution in [0.5, 0.6) is 0 Å². The zero-order valence-corrected chi connectivity index (χ0v) is 14.1. The van der Waals surface area contributed by atoms with Gasteiger partial charge in [-0.15, -0.1) is 0 Å². The summed E-state index contributed by atoms with van der Waals surface area (Å²) in [5, 5.41) is 6.17. The van der Waals surface area contributed by atoms with Crippen LogP contribution in [0.3, 0.4) is 0 Å². The molecule has 124 valence electrons. The maximum Gasteiger partial charge on any atom is 0.270 e. The number of rotatable bonds is 3. The predicted octanol–water partition coefficient (Wildman–Crippen LogP) is 1.24. The van der Waals surface area contributed by atoms with Crippen LogP contribution in [-0.2, 0) is 17.1 Å². The van der Waals surface area contributed by atoms with E-state index in [2.05, 4.69) is 0 Å². The van der Waals surface area contributed by atoms with Gasteiger partial charge >= 0.3 is 0 Å². The first-order chi connectivity index (χ1) is 10.8. The van der Waals surface area contributed by atoms with Crippen LogP contribution in [0.2, 0.25) is 0 Å². The minimum atomic E-state index is -3.50. The second-order valence-corrected chi connectivity index (χ2v) is 7.99. The van der Waals surface area contributed by atoms with Crippen molar-refractivity contribution in [1.29, 1.82) is 0 Å². The summed E-state index contributed by atoms with van der Waals surface area (Å²) >= 11 is 0. The van der Waals surface area contributed by atoms with Gasteiger partial charge in [0, 0.05) is 31.0 Å². The van der Waals surface area contributed by atoms with Crippen molar-refractivity contribution in [3.63, 3.8) is 0 Å². The van der Waals surface area contributed by atoms with Gasteiger partial charge < -0.3 is 9.47 Å². The maximum atomic E-state index is 12.8. The zero-order valence-electron chi connectivity index (χ0n) is 13.3. The van der Waals surface area contributed by atoms with Crippen LogP contribution in [0.25, 0.3) is 10.9 Å². The van der Waals surface area contributed by atoms with Crippen molar-refractivity contribution in [1.82, 2.24) is 9.47 Å². The van der Waals surface area contributed by atoms with E-state index in [1.54, 1.807) is 4.90 Å². The molecule has 0 radical (unpaired) electrons. The topological polar surface area (TPSA) is 85.4 Å². The van der Waals surface area contributed by atoms with Crippen LogP contribution < -0.4 is 5.14 Å². The van der Waals surface area contributed by atoms with Crippen LogP contribution in [0.15, 0.2) is 24.3 Å². The molecule has 7 heteroatoms. The molecule has 0 saturated carbocycles. The van der Waals surface area contributed by atoms with Crippen molar-refractivity contribution in [3.05, 3.63) is 35.5 Å². The fraction of sp³-hybridized carbons (Fsp3) is 0.438. The largest absolute Gasteiger partial charge is 0.340 e. The van der Waals surface area contributed by atoms with Gasteiger partial charge in [-0.2, -0.15) is 0 Å². The van der Waals surface area contributed by atoms with Crippen LogP contribution in [0.4, 0.5) is 0 Å². The summed E-state index contributed by atoms with van der Waals surface area (Å²) in [6.45, 7) is 3.03. The number of nitrogens with zero attached hydrogens (tertiary/aromatic N) is 2. The quantitative estimate of drug-likeness (QED) is 0.915. The van der Waals surface area contributed by atoms with E-state index in [1.165, 1.54) is 0 Å². The molecule has 2 N–H and O–H groups in total. The Morgan fingerprint density at radius 2 is 2.13 bits per heavy atom. The van der Waals surface area contributed by atoms with E-state index in [1.807, 2.05) is 42.8 Å². The number of sulfonamides is 1. The smallest absolute Gasteiger partial charge is 0.270 e. The lowest BCUT2D eigenvalue weighted by Crippen LogP contribution is -2.31. The monoisotopic (exact) mass is 335 g/mol. The van der Waals surface area contributed by atoms with Crippen molar-refractivity contribution in [3.8, 4) is 0 Å². The summed E-state index contributed by atoms with van der Waals surface area (Å²) in [4.78, 5) is 14.5. The molecule has 2 aromatic rings. The van der Waals surface area contributed by atoms with Crippen LogP contribution in [-0.4, -0.2) is 42.6 Å². The Hall–Kier alpha value is -1.86. The summed E-state index contributed by atoms with van der Waals surface area (Å²) in [6, 6.07) is 7.91. The number of fused-ring (bicyclic) bond motifs is 1. The van der Waals surface area contributed by atoms with Crippen LogP contribution in [0.1, 0.15) is 22.5 Å². The van der Waals surface area contributed by atoms with Gasteiger partial charge in [0.05, 0.1) is 5.75 Å². The van der Waals surface area contributed by atoms with Crippen molar-refractivity contribution in [2.75, 3.05) is 18.8 Å². The molecule has 0 spiro atoms. The number of nitrogens with two attached hydrogens (primary N) is 1. The van der Waals surface area contributed by atoms with Gasteiger partial charge in [0.1, 0.15) is 5.69 Å². The molecule has 0 bridgehead atoms. The third-order valence-electron chi connectivity index (χ3n) is 4.57. The van der Waals surface area contributed by atoms with Gasteiger partial charge in [-0.1, -0.05) is 12.1 Å². The second kappa shape index (κ2) is 5.65. The summed E-state index contributed by atoms with van der Waals surface area (Å²) in [7, 11) is -1.62. The molecular weight excluding hydrogens is 314 g/mol. The lowest BCUT2D eigenvalue weighted by atomic mass is 10.1. The van der Waals surface area contributed by atoms with Gasteiger partial charge in [0.25, 0.3) is 5.91 Å². The molecule has 1 saturated heterocycles. The normalized spacial score (nSPS) is 18.7. The first-order valence-corrected chi connectivity index (χ1v) is 9.32. The average molecular weight is 335 g/mol. The Kier molecular flexibility index (Phi) is 3.93. The highest BCUT2D eigenvalue weighted by atomic mass is 32.2. The van der Waals surface area contributed by atoms with E-state index < -0.39 is 10.0 Å². The highest BCUT2D eigenvalue weighted by Gasteiger charge is 2.30. The van der Waals surface area contributed by atoms with Gasteiger partial charge in [-0.05, 0) is 37.0 Å². The first kappa shape index (κ1) is 16.0. The standard InChI is InChI=1S/C16H21N3O3S/c1-11-4-3-5-14-13(11)8-15(18(14)2)16(20)19-7-6-12(9-19)10-23(17,21)22/h3-5,8,12H,6-7,9-10H2,1-2H3,(H2,17,21,22)/t12-/m0/s1. The molecule has 0 unspecified atom stereocenters. The summed E-state index contributed by atoms with van der Waals surface area (Å²) in [5.41, 5.74) is 2.78. The zero-order chi connectivity index (χ0) is 16.8. The Morgan fingerprint density at radius 3 is 2.78 bits per heavy atom. The minimum Gasteiger partial charge on any atom is -0.340 e. The van der Waals surface area contributed by atoms with Crippen LogP contribution in [0, 0.1) is 12.8 Å². The number of carbonyl (C=O) groups excluding carboxylic acids is 1. The van der Waals surface area contributed by atoms with Gasteiger partial charge in [0.15, 0.2) is 0 Å². The molecule has 23 heavy (non-hydrogen) atoms. The van der Waals surface area contributed by atoms with Gasteiger partial charge in [-0.25, -0.2) is 13.6 Å². The van der Waals surface area contributed by atoms with E-state index in [9.17, 15) is 13.2 Å². The Morgan fingerprint density at radius 1 is 1.39 bits per heavy atom. The van der Waals surface area contributed by atoms with E-state index in [-0.39, 0.29) is 17.6 Å². The Bertz CT molecular complexity index is 870.